The highest BCUT2D eigenvalue weighted by Crippen LogP contribution is 2.47. The van der Waals surface area contributed by atoms with E-state index in [2.05, 4.69) is 19.7 Å². The van der Waals surface area contributed by atoms with Gasteiger partial charge in [0.25, 0.3) is 0 Å². The molecule has 0 aliphatic heterocycles. The summed E-state index contributed by atoms with van der Waals surface area (Å²) in [6.45, 7) is 0.903. The molecule has 0 heterocycles. The highest BCUT2D eigenvalue weighted by atomic mass is 31.2. The zero-order chi connectivity index (χ0) is 26.1. The van der Waals surface area contributed by atoms with Gasteiger partial charge in [-0.25, -0.2) is 0 Å². The molecular weight excluding hydrogens is 497 g/mol. The molecule has 11 nitrogen and oxygen atoms in total. The minimum absolute atomic E-state index is 0.171. The average Bonchev–Trinajstić information content (AvgIpc) is 2.78. The van der Waals surface area contributed by atoms with Crippen molar-refractivity contribution in [1.29, 1.82) is 0 Å². The van der Waals surface area contributed by atoms with E-state index in [0.29, 0.717) is 41.8 Å². The lowest BCUT2D eigenvalue weighted by Gasteiger charge is -2.15. The summed E-state index contributed by atoms with van der Waals surface area (Å²) in [5, 5.41) is 24.7. The standard InChI is InChI=1S/C21H31BN2O9P2/c1-32-34(28,29)14-16-10-17(15-35(30,31)33-2)12-19(11-16)24-21(25)8-5-9-23-13-18-6-3-4-7-20(18)22(26)27/h3-4,6-7,10-12,23,26-27H,5,8-9,13-15H2,1-2H3,(H,24,25)(H,28,29)(H,30,31). The van der Waals surface area contributed by atoms with Crippen LogP contribution in [0.4, 0.5) is 5.69 Å². The van der Waals surface area contributed by atoms with Gasteiger partial charge in [0, 0.05) is 32.9 Å². The molecule has 2 aromatic carbocycles. The van der Waals surface area contributed by atoms with Gasteiger partial charge in [0.1, 0.15) is 0 Å². The van der Waals surface area contributed by atoms with Gasteiger partial charge in [-0.1, -0.05) is 30.3 Å². The van der Waals surface area contributed by atoms with Crippen molar-refractivity contribution in [3.8, 4) is 0 Å². The number of nitrogens with one attached hydrogen (secondary N) is 2. The first-order chi connectivity index (χ1) is 16.4. The van der Waals surface area contributed by atoms with Crippen molar-refractivity contribution in [3.05, 3.63) is 59.2 Å². The van der Waals surface area contributed by atoms with Crippen LogP contribution in [0.2, 0.25) is 0 Å². The molecule has 192 valence electrons. The van der Waals surface area contributed by atoms with E-state index in [1.54, 1.807) is 24.3 Å². The van der Waals surface area contributed by atoms with Crippen LogP contribution in [0.3, 0.4) is 0 Å². The maximum absolute atomic E-state index is 12.4. The Morgan fingerprint density at radius 1 is 0.971 bits per heavy atom. The average molecular weight is 528 g/mol. The molecule has 6 N–H and O–H groups in total. The summed E-state index contributed by atoms with van der Waals surface area (Å²) >= 11 is 0. The Labute approximate surface area is 204 Å². The molecule has 0 bridgehead atoms. The van der Waals surface area contributed by atoms with Crippen LogP contribution < -0.4 is 16.1 Å². The van der Waals surface area contributed by atoms with E-state index in [-0.39, 0.29) is 24.7 Å². The molecule has 0 aliphatic carbocycles. The van der Waals surface area contributed by atoms with Crippen molar-refractivity contribution >= 4 is 39.4 Å². The highest BCUT2D eigenvalue weighted by molar-refractivity contribution is 7.52. The van der Waals surface area contributed by atoms with Crippen LogP contribution in [0, 0.1) is 0 Å². The molecule has 0 fully saturated rings. The van der Waals surface area contributed by atoms with Crippen LogP contribution in [-0.2, 0) is 41.8 Å². The first-order valence-electron chi connectivity index (χ1n) is 10.8. The molecule has 0 saturated heterocycles. The summed E-state index contributed by atoms with van der Waals surface area (Å²) in [6.07, 6.45) is -0.00900. The topological polar surface area (TPSA) is 175 Å². The molecule has 2 aromatic rings. The molecule has 2 atom stereocenters. The van der Waals surface area contributed by atoms with E-state index in [9.17, 15) is 33.8 Å². The fourth-order valence-electron chi connectivity index (χ4n) is 3.38. The summed E-state index contributed by atoms with van der Waals surface area (Å²) in [5.74, 6) is -0.307. The van der Waals surface area contributed by atoms with Crippen molar-refractivity contribution in [2.75, 3.05) is 26.1 Å². The third-order valence-electron chi connectivity index (χ3n) is 5.08. The van der Waals surface area contributed by atoms with Crippen molar-refractivity contribution in [2.24, 2.45) is 0 Å². The number of benzene rings is 2. The fraction of sp³-hybridized carbons (Fsp3) is 0.381. The van der Waals surface area contributed by atoms with Gasteiger partial charge in [0.05, 0.1) is 12.3 Å². The molecular formula is C21H31BN2O9P2. The lowest BCUT2D eigenvalue weighted by Crippen LogP contribution is -2.34. The molecule has 35 heavy (non-hydrogen) atoms. The van der Waals surface area contributed by atoms with Gasteiger partial charge in [-0.3, -0.25) is 13.9 Å². The second kappa shape index (κ2) is 13.5. The number of anilines is 1. The maximum atomic E-state index is 12.4. The third-order valence-corrected chi connectivity index (χ3v) is 7.75. The van der Waals surface area contributed by atoms with Gasteiger partial charge in [-0.05, 0) is 47.3 Å². The predicted molar refractivity (Wildman–Crippen MR) is 133 cm³/mol. The third kappa shape index (κ3) is 10.3. The first kappa shape index (κ1) is 29.4. The number of carbonyl (C=O) groups is 1. The van der Waals surface area contributed by atoms with Crippen LogP contribution in [-0.4, -0.2) is 53.6 Å². The quantitative estimate of drug-likeness (QED) is 0.120. The molecule has 0 radical (unpaired) electrons. The second-order valence-electron chi connectivity index (χ2n) is 7.90. The Hall–Kier alpha value is -1.85. The molecule has 2 rings (SSSR count). The number of hydrogen-bond donors (Lipinski definition) is 6. The molecule has 0 saturated carbocycles. The van der Waals surface area contributed by atoms with Gasteiger partial charge in [0.15, 0.2) is 0 Å². The van der Waals surface area contributed by atoms with Crippen LogP contribution in [0.5, 0.6) is 0 Å². The SMILES string of the molecule is COP(=O)(O)Cc1cc(CP(=O)(O)OC)cc(NC(=O)CCCNCc2ccccc2B(O)O)c1. The van der Waals surface area contributed by atoms with Crippen molar-refractivity contribution in [3.63, 3.8) is 0 Å². The first-order valence-corrected chi connectivity index (χ1v) is 14.3. The van der Waals surface area contributed by atoms with Crippen LogP contribution in [0.15, 0.2) is 42.5 Å². The van der Waals surface area contributed by atoms with Crippen LogP contribution in [0.25, 0.3) is 0 Å². The Balaban J connectivity index is 1.97. The van der Waals surface area contributed by atoms with Gasteiger partial charge in [-0.15, -0.1) is 0 Å². The van der Waals surface area contributed by atoms with Crippen LogP contribution in [0.1, 0.15) is 29.5 Å². The molecule has 1 amide bonds. The summed E-state index contributed by atoms with van der Waals surface area (Å²) in [4.78, 5) is 32.0. The lowest BCUT2D eigenvalue weighted by atomic mass is 9.77. The van der Waals surface area contributed by atoms with E-state index in [0.717, 1.165) is 19.8 Å². The molecule has 0 spiro atoms. The summed E-state index contributed by atoms with van der Waals surface area (Å²) in [5.41, 5.74) is 2.18. The van der Waals surface area contributed by atoms with E-state index in [4.69, 9.17) is 0 Å². The molecule has 0 aromatic heterocycles. The summed E-state index contributed by atoms with van der Waals surface area (Å²) in [6, 6.07) is 11.4. The van der Waals surface area contributed by atoms with E-state index >= 15 is 0 Å². The second-order valence-corrected chi connectivity index (χ2v) is 11.8. The zero-order valence-corrected chi connectivity index (χ0v) is 21.4. The minimum Gasteiger partial charge on any atom is -0.423 e. The van der Waals surface area contributed by atoms with Crippen LogP contribution >= 0.6 is 15.2 Å². The van der Waals surface area contributed by atoms with Gasteiger partial charge < -0.3 is 39.5 Å². The Morgan fingerprint density at radius 3 is 2.09 bits per heavy atom. The summed E-state index contributed by atoms with van der Waals surface area (Å²) in [7, 11) is -7.15. The largest absolute Gasteiger partial charge is 0.488 e. The number of carbonyl (C=O) groups excluding carboxylic acids is 1. The number of hydrogen-bond acceptors (Lipinski definition) is 8. The molecule has 14 heteroatoms. The Morgan fingerprint density at radius 2 is 1.54 bits per heavy atom. The van der Waals surface area contributed by atoms with Crippen molar-refractivity contribution in [2.45, 2.75) is 31.7 Å². The highest BCUT2D eigenvalue weighted by Gasteiger charge is 2.22. The van der Waals surface area contributed by atoms with E-state index < -0.39 is 22.3 Å². The van der Waals surface area contributed by atoms with Gasteiger partial charge in [0.2, 0.25) is 5.91 Å². The van der Waals surface area contributed by atoms with E-state index in [1.165, 1.54) is 18.2 Å². The number of amides is 1. The lowest BCUT2D eigenvalue weighted by molar-refractivity contribution is -0.116. The maximum Gasteiger partial charge on any atom is 0.488 e. The summed E-state index contributed by atoms with van der Waals surface area (Å²) < 4.78 is 33.2. The Bertz CT molecular complexity index is 1060. The van der Waals surface area contributed by atoms with Crippen molar-refractivity contribution < 1.29 is 42.8 Å². The van der Waals surface area contributed by atoms with E-state index in [1.807, 2.05) is 0 Å². The molecule has 0 aliphatic rings. The monoisotopic (exact) mass is 528 g/mol. The van der Waals surface area contributed by atoms with Crippen molar-refractivity contribution in [1.82, 2.24) is 5.32 Å². The normalized spacial score (nSPS) is 14.7. The Kier molecular flexibility index (Phi) is 11.3. The molecule has 2 unspecified atom stereocenters. The smallest absolute Gasteiger partial charge is 0.423 e. The predicted octanol–water partition coefficient (Wildman–Crippen LogP) is 1.54. The van der Waals surface area contributed by atoms with Gasteiger partial charge >= 0.3 is 22.3 Å². The minimum atomic E-state index is -3.90. The fourth-order valence-corrected chi connectivity index (χ4v) is 4.92. The zero-order valence-electron chi connectivity index (χ0n) is 19.6. The number of rotatable bonds is 14. The van der Waals surface area contributed by atoms with Gasteiger partial charge in [-0.2, -0.15) is 0 Å².